The SMILES string of the molecule is O=Cc1ccc(CN2CCCC2)cc1OCc1csc2ccc(OS(=O)(=O)C(F)(F)F)c(-c3ccccc3OCCN3CCCC3)c12. The third-order valence-electron chi connectivity index (χ3n) is 8.47. The molecule has 3 heterocycles. The lowest BCUT2D eigenvalue weighted by Crippen LogP contribution is -2.28. The van der Waals surface area contributed by atoms with Crippen LogP contribution in [0.2, 0.25) is 0 Å². The van der Waals surface area contributed by atoms with Gasteiger partial charge in [0.2, 0.25) is 0 Å². The van der Waals surface area contributed by atoms with Crippen LogP contribution in [0.5, 0.6) is 17.2 Å². The maximum absolute atomic E-state index is 13.5. The molecular weight excluding hydrogens is 654 g/mol. The molecule has 250 valence electrons. The summed E-state index contributed by atoms with van der Waals surface area (Å²) in [6, 6.07) is 15.0. The van der Waals surface area contributed by atoms with Crippen molar-refractivity contribution in [2.24, 2.45) is 0 Å². The van der Waals surface area contributed by atoms with Gasteiger partial charge in [0.05, 0.1) is 5.56 Å². The van der Waals surface area contributed by atoms with E-state index < -0.39 is 21.4 Å². The Balaban J connectivity index is 1.37. The second-order valence-electron chi connectivity index (χ2n) is 11.7. The van der Waals surface area contributed by atoms with E-state index in [1.165, 1.54) is 23.5 Å². The van der Waals surface area contributed by atoms with Crippen molar-refractivity contribution in [1.29, 1.82) is 0 Å². The molecule has 0 amide bonds. The first-order chi connectivity index (χ1) is 22.6. The Hall–Kier alpha value is -3.65. The van der Waals surface area contributed by atoms with Crippen LogP contribution in [0.15, 0.2) is 60.0 Å². The summed E-state index contributed by atoms with van der Waals surface area (Å²) in [5.41, 5.74) is -3.15. The maximum Gasteiger partial charge on any atom is 0.534 e. The summed E-state index contributed by atoms with van der Waals surface area (Å²) in [6.45, 7) is 5.67. The van der Waals surface area contributed by atoms with Crippen LogP contribution in [-0.4, -0.2) is 69.3 Å². The zero-order chi connectivity index (χ0) is 33.0. The van der Waals surface area contributed by atoms with Crippen LogP contribution >= 0.6 is 11.3 Å². The van der Waals surface area contributed by atoms with E-state index in [1.54, 1.807) is 30.3 Å². The molecule has 0 bridgehead atoms. The van der Waals surface area contributed by atoms with Crippen LogP contribution in [0.1, 0.15) is 47.2 Å². The van der Waals surface area contributed by atoms with Crippen LogP contribution < -0.4 is 13.7 Å². The van der Waals surface area contributed by atoms with Crippen molar-refractivity contribution in [2.75, 3.05) is 39.3 Å². The molecule has 6 rings (SSSR count). The third kappa shape index (κ3) is 7.58. The normalized spacial score (nSPS) is 16.1. The average molecular weight is 689 g/mol. The van der Waals surface area contributed by atoms with Crippen LogP contribution in [0.25, 0.3) is 21.2 Å². The van der Waals surface area contributed by atoms with Crippen LogP contribution in [0, 0.1) is 0 Å². The van der Waals surface area contributed by atoms with E-state index in [1.807, 2.05) is 17.5 Å². The third-order valence-corrected chi connectivity index (χ3v) is 10.4. The maximum atomic E-state index is 13.5. The number of hydrogen-bond acceptors (Lipinski definition) is 9. The predicted molar refractivity (Wildman–Crippen MR) is 175 cm³/mol. The second kappa shape index (κ2) is 14.2. The zero-order valence-electron chi connectivity index (χ0n) is 25.6. The number of thiophene rings is 1. The molecule has 8 nitrogen and oxygen atoms in total. The topological polar surface area (TPSA) is 85.4 Å². The molecule has 2 saturated heterocycles. The lowest BCUT2D eigenvalue weighted by atomic mass is 9.97. The van der Waals surface area contributed by atoms with Crippen molar-refractivity contribution < 1.29 is 40.0 Å². The Morgan fingerprint density at radius 2 is 1.57 bits per heavy atom. The Bertz CT molecular complexity index is 1830. The quantitative estimate of drug-likeness (QED) is 0.0825. The molecule has 0 radical (unpaired) electrons. The fourth-order valence-electron chi connectivity index (χ4n) is 6.13. The van der Waals surface area contributed by atoms with Gasteiger partial charge in [-0.3, -0.25) is 14.6 Å². The molecule has 0 aliphatic carbocycles. The summed E-state index contributed by atoms with van der Waals surface area (Å²) in [5, 5.41) is 2.28. The lowest BCUT2D eigenvalue weighted by molar-refractivity contribution is -0.0499. The molecule has 3 aromatic carbocycles. The van der Waals surface area contributed by atoms with E-state index >= 15 is 0 Å². The Kier molecular flexibility index (Phi) is 10.1. The summed E-state index contributed by atoms with van der Waals surface area (Å²) < 4.78 is 83.0. The number of fused-ring (bicyclic) bond motifs is 1. The van der Waals surface area contributed by atoms with E-state index in [9.17, 15) is 26.4 Å². The molecule has 1 aromatic heterocycles. The summed E-state index contributed by atoms with van der Waals surface area (Å²) in [5.74, 6) is 0.283. The molecule has 2 aliphatic heterocycles. The van der Waals surface area contributed by atoms with Crippen LogP contribution in [0.3, 0.4) is 0 Å². The monoisotopic (exact) mass is 688 g/mol. The van der Waals surface area contributed by atoms with Gasteiger partial charge in [0, 0.05) is 39.9 Å². The first-order valence-corrected chi connectivity index (χ1v) is 17.8. The fourth-order valence-corrected chi connectivity index (χ4v) is 7.55. The minimum atomic E-state index is -5.98. The number of halogens is 3. The van der Waals surface area contributed by atoms with Gasteiger partial charge in [0.15, 0.2) is 12.0 Å². The number of alkyl halides is 3. The minimum absolute atomic E-state index is 0.0333. The zero-order valence-corrected chi connectivity index (χ0v) is 27.3. The molecule has 2 aliphatic rings. The van der Waals surface area contributed by atoms with E-state index in [4.69, 9.17) is 13.7 Å². The lowest BCUT2D eigenvalue weighted by Gasteiger charge is -2.19. The van der Waals surface area contributed by atoms with Crippen molar-refractivity contribution >= 4 is 37.8 Å². The largest absolute Gasteiger partial charge is 0.534 e. The molecular formula is C34H35F3N2O6S2. The van der Waals surface area contributed by atoms with Gasteiger partial charge in [-0.2, -0.15) is 21.6 Å². The smallest absolute Gasteiger partial charge is 0.492 e. The number of aldehydes is 1. The van der Waals surface area contributed by atoms with Crippen LogP contribution in [-0.2, 0) is 23.3 Å². The molecule has 0 saturated carbocycles. The van der Waals surface area contributed by atoms with Crippen molar-refractivity contribution in [3.05, 3.63) is 76.7 Å². The number of carbonyl (C=O) groups excluding carboxylic acids is 1. The molecule has 0 spiro atoms. The number of para-hydroxylation sites is 1. The number of hydrogen-bond donors (Lipinski definition) is 0. The van der Waals surface area contributed by atoms with Crippen molar-refractivity contribution in [2.45, 2.75) is 44.3 Å². The van der Waals surface area contributed by atoms with Gasteiger partial charge < -0.3 is 13.7 Å². The minimum Gasteiger partial charge on any atom is -0.492 e. The standard InChI is InChI=1S/C34H35F3N2O6S2/c35-34(36,37)47(41,42)45-29-11-12-31-32(33(29)27-7-1-2-8-28(27)43-18-17-38-13-3-4-14-38)26(23-46-31)22-44-30-19-24(9-10-25(30)21-40)20-39-15-5-6-16-39/h1-2,7-12,19,21,23H,3-6,13-18,20,22H2. The highest BCUT2D eigenvalue weighted by Gasteiger charge is 2.49. The molecule has 0 N–H and O–H groups in total. The number of rotatable bonds is 13. The Morgan fingerprint density at radius 1 is 0.851 bits per heavy atom. The molecule has 13 heteroatoms. The Morgan fingerprint density at radius 3 is 2.30 bits per heavy atom. The fraction of sp³-hybridized carbons (Fsp3) is 0.382. The van der Waals surface area contributed by atoms with Crippen molar-refractivity contribution in [3.8, 4) is 28.4 Å². The number of likely N-dealkylation sites (tertiary alicyclic amines) is 2. The summed E-state index contributed by atoms with van der Waals surface area (Å²) in [6.07, 6.45) is 5.24. The Labute approximate surface area is 275 Å². The molecule has 4 aromatic rings. The van der Waals surface area contributed by atoms with E-state index in [0.29, 0.717) is 51.4 Å². The first kappa shape index (κ1) is 33.3. The summed E-state index contributed by atoms with van der Waals surface area (Å²) in [4.78, 5) is 16.5. The van der Waals surface area contributed by atoms with E-state index in [-0.39, 0.29) is 12.2 Å². The number of nitrogens with zero attached hydrogens (tertiary/aromatic N) is 2. The molecule has 0 unspecified atom stereocenters. The molecule has 47 heavy (non-hydrogen) atoms. The average Bonchev–Trinajstić information content (AvgIpc) is 3.83. The number of carbonyl (C=O) groups is 1. The highest BCUT2D eigenvalue weighted by atomic mass is 32.2. The van der Waals surface area contributed by atoms with Gasteiger partial charge in [-0.25, -0.2) is 0 Å². The molecule has 2 fully saturated rings. The summed E-state index contributed by atoms with van der Waals surface area (Å²) in [7, 11) is -5.98. The summed E-state index contributed by atoms with van der Waals surface area (Å²) >= 11 is 1.33. The van der Waals surface area contributed by atoms with E-state index in [0.717, 1.165) is 70.3 Å². The highest BCUT2D eigenvalue weighted by molar-refractivity contribution is 7.88. The van der Waals surface area contributed by atoms with Gasteiger partial charge in [-0.15, -0.1) is 11.3 Å². The van der Waals surface area contributed by atoms with Crippen molar-refractivity contribution in [1.82, 2.24) is 9.80 Å². The van der Waals surface area contributed by atoms with Crippen molar-refractivity contribution in [3.63, 3.8) is 0 Å². The second-order valence-corrected chi connectivity index (χ2v) is 14.2. The number of ether oxygens (including phenoxy) is 2. The predicted octanol–water partition coefficient (Wildman–Crippen LogP) is 7.26. The first-order valence-electron chi connectivity index (χ1n) is 15.5. The molecule has 0 atom stereocenters. The van der Waals surface area contributed by atoms with Gasteiger partial charge >= 0.3 is 15.6 Å². The van der Waals surface area contributed by atoms with Gasteiger partial charge in [0.25, 0.3) is 0 Å². The van der Waals surface area contributed by atoms with E-state index in [2.05, 4.69) is 9.80 Å². The van der Waals surface area contributed by atoms with Crippen LogP contribution in [0.4, 0.5) is 13.2 Å². The van der Waals surface area contributed by atoms with Gasteiger partial charge in [-0.05, 0) is 93.1 Å². The van der Waals surface area contributed by atoms with Gasteiger partial charge in [0.1, 0.15) is 24.7 Å². The highest BCUT2D eigenvalue weighted by Crippen LogP contribution is 2.46. The number of benzene rings is 3. The van der Waals surface area contributed by atoms with Gasteiger partial charge in [-0.1, -0.05) is 24.3 Å².